The lowest BCUT2D eigenvalue weighted by Gasteiger charge is -2.29. The maximum absolute atomic E-state index is 11.1. The second kappa shape index (κ2) is 3.96. The summed E-state index contributed by atoms with van der Waals surface area (Å²) in [5.41, 5.74) is 0. The molecule has 2 heteroatoms. The van der Waals surface area contributed by atoms with Gasteiger partial charge < -0.3 is 4.90 Å². The number of allylic oxidation sites excluding steroid dienone is 3. The van der Waals surface area contributed by atoms with Crippen LogP contribution in [-0.4, -0.2) is 23.9 Å². The van der Waals surface area contributed by atoms with Crippen LogP contribution in [0.15, 0.2) is 24.3 Å². The number of carbonyl (C=O) groups excluding carboxylic acids is 1. The van der Waals surface area contributed by atoms with Gasteiger partial charge in [0.1, 0.15) is 0 Å². The lowest BCUT2D eigenvalue weighted by atomic mass is 10.2. The monoisotopic (exact) mass is 151 g/mol. The first-order chi connectivity index (χ1) is 5.34. The predicted molar refractivity (Wildman–Crippen MR) is 45.2 cm³/mol. The molecule has 0 aromatic rings. The van der Waals surface area contributed by atoms with Gasteiger partial charge >= 0.3 is 0 Å². The van der Waals surface area contributed by atoms with Gasteiger partial charge in [0.2, 0.25) is 5.91 Å². The first-order valence-corrected chi connectivity index (χ1v) is 3.93. The Bertz CT molecular complexity index is 190. The van der Waals surface area contributed by atoms with Crippen LogP contribution in [-0.2, 0) is 4.79 Å². The zero-order chi connectivity index (χ0) is 8.10. The molecule has 1 rings (SSSR count). The van der Waals surface area contributed by atoms with Crippen molar-refractivity contribution in [1.29, 1.82) is 0 Å². The van der Waals surface area contributed by atoms with Crippen molar-refractivity contribution in [3.8, 4) is 0 Å². The number of carbonyl (C=O) groups is 1. The molecule has 0 atom stereocenters. The largest absolute Gasteiger partial charge is 0.339 e. The van der Waals surface area contributed by atoms with E-state index in [0.29, 0.717) is 0 Å². The SMILES string of the molecule is C/C=C/C=C/C(=O)N1CCC1. The molecule has 60 valence electrons. The van der Waals surface area contributed by atoms with Crippen LogP contribution in [0, 0.1) is 0 Å². The van der Waals surface area contributed by atoms with Crippen LogP contribution in [0.2, 0.25) is 0 Å². The molecule has 2 nitrogen and oxygen atoms in total. The minimum atomic E-state index is 0.134. The average molecular weight is 151 g/mol. The molecule has 0 N–H and O–H groups in total. The molecule has 1 amide bonds. The summed E-state index contributed by atoms with van der Waals surface area (Å²) in [5.74, 6) is 0.134. The molecular weight excluding hydrogens is 138 g/mol. The molecule has 0 aromatic carbocycles. The third-order valence-corrected chi connectivity index (χ3v) is 1.71. The Morgan fingerprint density at radius 3 is 2.55 bits per heavy atom. The third-order valence-electron chi connectivity index (χ3n) is 1.71. The van der Waals surface area contributed by atoms with Gasteiger partial charge in [-0.2, -0.15) is 0 Å². The van der Waals surface area contributed by atoms with E-state index in [0.717, 1.165) is 19.5 Å². The molecule has 1 heterocycles. The lowest BCUT2D eigenvalue weighted by Crippen LogP contribution is -2.40. The fourth-order valence-electron chi connectivity index (χ4n) is 0.891. The van der Waals surface area contributed by atoms with E-state index in [1.807, 2.05) is 24.0 Å². The van der Waals surface area contributed by atoms with E-state index in [1.54, 1.807) is 12.2 Å². The zero-order valence-electron chi connectivity index (χ0n) is 6.79. The summed E-state index contributed by atoms with van der Waals surface area (Å²) in [5, 5.41) is 0. The van der Waals surface area contributed by atoms with Crippen LogP contribution in [0.25, 0.3) is 0 Å². The van der Waals surface area contributed by atoms with Gasteiger partial charge in [0.05, 0.1) is 0 Å². The van der Waals surface area contributed by atoms with Crippen molar-refractivity contribution in [3.05, 3.63) is 24.3 Å². The van der Waals surface area contributed by atoms with E-state index in [4.69, 9.17) is 0 Å². The van der Waals surface area contributed by atoms with Crippen LogP contribution < -0.4 is 0 Å². The van der Waals surface area contributed by atoms with Gasteiger partial charge in [0, 0.05) is 19.2 Å². The van der Waals surface area contributed by atoms with E-state index in [9.17, 15) is 4.79 Å². The minimum absolute atomic E-state index is 0.134. The normalized spacial score (nSPS) is 17.7. The highest BCUT2D eigenvalue weighted by Gasteiger charge is 2.16. The number of hydrogen-bond acceptors (Lipinski definition) is 1. The lowest BCUT2D eigenvalue weighted by molar-refractivity contribution is -0.129. The summed E-state index contributed by atoms with van der Waals surface area (Å²) in [6.45, 7) is 3.79. The van der Waals surface area contributed by atoms with Crippen molar-refractivity contribution < 1.29 is 4.79 Å². The highest BCUT2D eigenvalue weighted by Crippen LogP contribution is 2.05. The van der Waals surface area contributed by atoms with E-state index < -0.39 is 0 Å². The number of rotatable bonds is 2. The molecule has 11 heavy (non-hydrogen) atoms. The molecule has 1 fully saturated rings. The molecule has 1 aliphatic heterocycles. The fraction of sp³-hybridized carbons (Fsp3) is 0.444. The van der Waals surface area contributed by atoms with Gasteiger partial charge in [-0.25, -0.2) is 0 Å². The minimum Gasteiger partial charge on any atom is -0.339 e. The number of amides is 1. The van der Waals surface area contributed by atoms with Gasteiger partial charge in [-0.05, 0) is 13.3 Å². The number of nitrogens with zero attached hydrogens (tertiary/aromatic N) is 1. The summed E-state index contributed by atoms with van der Waals surface area (Å²) < 4.78 is 0. The van der Waals surface area contributed by atoms with E-state index in [2.05, 4.69) is 0 Å². The molecule has 0 saturated carbocycles. The maximum atomic E-state index is 11.1. The Labute approximate surface area is 67.2 Å². The van der Waals surface area contributed by atoms with Crippen LogP contribution >= 0.6 is 0 Å². The molecular formula is C9H13NO. The Kier molecular flexibility index (Phi) is 2.90. The highest BCUT2D eigenvalue weighted by molar-refractivity contribution is 5.88. The van der Waals surface area contributed by atoms with Crippen molar-refractivity contribution in [2.45, 2.75) is 13.3 Å². The van der Waals surface area contributed by atoms with Crippen molar-refractivity contribution in [2.24, 2.45) is 0 Å². The number of hydrogen-bond donors (Lipinski definition) is 0. The standard InChI is InChI=1S/C9H13NO/c1-2-3-4-6-9(11)10-7-5-8-10/h2-4,6H,5,7-8H2,1H3/b3-2+,6-4+. The quantitative estimate of drug-likeness (QED) is 0.431. The second-order valence-electron chi connectivity index (χ2n) is 2.56. The second-order valence-corrected chi connectivity index (χ2v) is 2.56. The third kappa shape index (κ3) is 2.22. The number of likely N-dealkylation sites (tertiary alicyclic amines) is 1. The van der Waals surface area contributed by atoms with Crippen LogP contribution in [0.3, 0.4) is 0 Å². The van der Waals surface area contributed by atoms with Gasteiger partial charge in [0.15, 0.2) is 0 Å². The Morgan fingerprint density at radius 2 is 2.09 bits per heavy atom. The van der Waals surface area contributed by atoms with Crippen molar-refractivity contribution in [3.63, 3.8) is 0 Å². The Hall–Kier alpha value is -1.05. The fourth-order valence-corrected chi connectivity index (χ4v) is 0.891. The first kappa shape index (κ1) is 8.05. The molecule has 0 unspecified atom stereocenters. The van der Waals surface area contributed by atoms with Crippen LogP contribution in [0.1, 0.15) is 13.3 Å². The molecule has 0 aromatic heterocycles. The Morgan fingerprint density at radius 1 is 1.36 bits per heavy atom. The van der Waals surface area contributed by atoms with E-state index in [-0.39, 0.29) is 5.91 Å². The summed E-state index contributed by atoms with van der Waals surface area (Å²) in [4.78, 5) is 12.9. The van der Waals surface area contributed by atoms with Crippen LogP contribution in [0.5, 0.6) is 0 Å². The van der Waals surface area contributed by atoms with Crippen molar-refractivity contribution >= 4 is 5.91 Å². The van der Waals surface area contributed by atoms with E-state index in [1.165, 1.54) is 0 Å². The first-order valence-electron chi connectivity index (χ1n) is 3.93. The molecule has 1 aliphatic rings. The van der Waals surface area contributed by atoms with Gasteiger partial charge in [-0.3, -0.25) is 4.79 Å². The Balaban J connectivity index is 2.29. The molecule has 0 radical (unpaired) electrons. The smallest absolute Gasteiger partial charge is 0.246 e. The van der Waals surface area contributed by atoms with Crippen molar-refractivity contribution in [1.82, 2.24) is 4.90 Å². The van der Waals surface area contributed by atoms with Gasteiger partial charge in [-0.15, -0.1) is 0 Å². The molecule has 1 saturated heterocycles. The predicted octanol–water partition coefficient (Wildman–Crippen LogP) is 1.35. The van der Waals surface area contributed by atoms with Crippen molar-refractivity contribution in [2.75, 3.05) is 13.1 Å². The summed E-state index contributed by atoms with van der Waals surface area (Å²) in [7, 11) is 0. The van der Waals surface area contributed by atoms with E-state index >= 15 is 0 Å². The zero-order valence-corrected chi connectivity index (χ0v) is 6.79. The summed E-state index contributed by atoms with van der Waals surface area (Å²) in [6.07, 6.45) is 8.31. The summed E-state index contributed by atoms with van der Waals surface area (Å²) in [6, 6.07) is 0. The molecule has 0 spiro atoms. The maximum Gasteiger partial charge on any atom is 0.246 e. The summed E-state index contributed by atoms with van der Waals surface area (Å²) >= 11 is 0. The van der Waals surface area contributed by atoms with Gasteiger partial charge in [-0.1, -0.05) is 18.2 Å². The topological polar surface area (TPSA) is 20.3 Å². The van der Waals surface area contributed by atoms with Crippen LogP contribution in [0.4, 0.5) is 0 Å². The van der Waals surface area contributed by atoms with Gasteiger partial charge in [0.25, 0.3) is 0 Å². The average Bonchev–Trinajstić information content (AvgIpc) is 1.84. The molecule has 0 aliphatic carbocycles. The molecule has 0 bridgehead atoms. The highest BCUT2D eigenvalue weighted by atomic mass is 16.2.